The summed E-state index contributed by atoms with van der Waals surface area (Å²) >= 11 is 0. The summed E-state index contributed by atoms with van der Waals surface area (Å²) < 4.78 is 27.9. The van der Waals surface area contributed by atoms with Crippen molar-refractivity contribution in [2.24, 2.45) is 7.05 Å². The van der Waals surface area contributed by atoms with E-state index in [0.717, 1.165) is 25.3 Å². The van der Waals surface area contributed by atoms with Crippen molar-refractivity contribution in [2.75, 3.05) is 25.4 Å². The molecule has 0 aliphatic carbocycles. The molecule has 19 heavy (non-hydrogen) atoms. The summed E-state index contributed by atoms with van der Waals surface area (Å²) in [6, 6.07) is 0. The van der Waals surface area contributed by atoms with E-state index in [2.05, 4.69) is 15.0 Å². The van der Waals surface area contributed by atoms with Gasteiger partial charge in [-0.15, -0.1) is 0 Å². The molecule has 0 saturated heterocycles. The molecule has 6 nitrogen and oxygen atoms in total. The summed E-state index contributed by atoms with van der Waals surface area (Å²) in [7, 11) is -1.25. The fraction of sp³-hybridized carbons (Fsp3) is 0.750. The predicted molar refractivity (Wildman–Crippen MR) is 76.5 cm³/mol. The second-order valence-electron chi connectivity index (χ2n) is 4.48. The minimum atomic E-state index is -3.15. The van der Waals surface area contributed by atoms with Gasteiger partial charge in [0.1, 0.15) is 5.82 Å². The van der Waals surface area contributed by atoms with Gasteiger partial charge in [0.05, 0.1) is 5.75 Å². The predicted octanol–water partition coefficient (Wildman–Crippen LogP) is 0.272. The Hall–Kier alpha value is -0.920. The first-order chi connectivity index (χ1) is 9.05. The maximum atomic E-state index is 11.7. The molecule has 110 valence electrons. The summed E-state index contributed by atoms with van der Waals surface area (Å²) in [5, 5.41) is 3.18. The van der Waals surface area contributed by atoms with Gasteiger partial charge in [-0.05, 0) is 25.9 Å². The first-order valence-corrected chi connectivity index (χ1v) is 8.34. The molecule has 7 heteroatoms. The average molecular weight is 288 g/mol. The van der Waals surface area contributed by atoms with Crippen LogP contribution in [0.15, 0.2) is 12.4 Å². The highest BCUT2D eigenvalue weighted by molar-refractivity contribution is 7.89. The topological polar surface area (TPSA) is 76.0 Å². The highest BCUT2D eigenvalue weighted by Crippen LogP contribution is 1.97. The zero-order chi connectivity index (χ0) is 14.1. The Kier molecular flexibility index (Phi) is 7.04. The molecule has 0 saturated carbocycles. The zero-order valence-corrected chi connectivity index (χ0v) is 12.5. The molecule has 1 rings (SSSR count). The third-order valence-corrected chi connectivity index (χ3v) is 4.33. The number of unbranched alkanes of at least 4 members (excludes halogenated alkanes) is 1. The monoisotopic (exact) mass is 288 g/mol. The second kappa shape index (κ2) is 8.29. The number of nitrogens with one attached hydrogen (secondary N) is 2. The summed E-state index contributed by atoms with van der Waals surface area (Å²) in [4.78, 5) is 4.15. The number of nitrogens with zero attached hydrogens (tertiary/aromatic N) is 2. The van der Waals surface area contributed by atoms with Crippen molar-refractivity contribution < 1.29 is 8.42 Å². The number of hydrogen-bond donors (Lipinski definition) is 2. The van der Waals surface area contributed by atoms with Gasteiger partial charge in [-0.1, -0.05) is 6.92 Å². The fourth-order valence-electron chi connectivity index (χ4n) is 1.75. The second-order valence-corrected chi connectivity index (χ2v) is 6.40. The Balaban J connectivity index is 2.18. The molecule has 1 aromatic heterocycles. The molecule has 1 heterocycles. The molecule has 0 bridgehead atoms. The van der Waals surface area contributed by atoms with Crippen LogP contribution >= 0.6 is 0 Å². The summed E-state index contributed by atoms with van der Waals surface area (Å²) in [5.74, 6) is 1.08. The van der Waals surface area contributed by atoms with E-state index in [4.69, 9.17) is 0 Å². The van der Waals surface area contributed by atoms with Crippen molar-refractivity contribution >= 4 is 10.0 Å². The molecule has 0 atom stereocenters. The van der Waals surface area contributed by atoms with Crippen LogP contribution in [0.25, 0.3) is 0 Å². The molecular formula is C12H24N4O2S. The third-order valence-electron chi connectivity index (χ3n) is 2.86. The standard InChI is InChI=1S/C12H24N4O2S/c1-3-13-7-4-5-11-19(17,18)15-8-6-12-14-9-10-16(12)2/h9-10,13,15H,3-8,11H2,1-2H3. The number of sulfonamides is 1. The van der Waals surface area contributed by atoms with Crippen molar-refractivity contribution in [1.29, 1.82) is 0 Å². The Labute approximate surface area is 115 Å². The van der Waals surface area contributed by atoms with Crippen LogP contribution in [-0.2, 0) is 23.5 Å². The van der Waals surface area contributed by atoms with Crippen LogP contribution in [0.2, 0.25) is 0 Å². The molecule has 0 spiro atoms. The zero-order valence-electron chi connectivity index (χ0n) is 11.7. The lowest BCUT2D eigenvalue weighted by atomic mass is 10.3. The molecule has 0 aliphatic rings. The van der Waals surface area contributed by atoms with E-state index in [0.29, 0.717) is 19.4 Å². The van der Waals surface area contributed by atoms with E-state index in [-0.39, 0.29) is 5.75 Å². The molecule has 0 unspecified atom stereocenters. The van der Waals surface area contributed by atoms with Crippen LogP contribution in [0.3, 0.4) is 0 Å². The molecule has 0 fully saturated rings. The fourth-order valence-corrected chi connectivity index (χ4v) is 2.89. The molecular weight excluding hydrogens is 264 g/mol. The van der Waals surface area contributed by atoms with Gasteiger partial charge in [0.2, 0.25) is 10.0 Å². The van der Waals surface area contributed by atoms with E-state index < -0.39 is 10.0 Å². The lowest BCUT2D eigenvalue weighted by Gasteiger charge is -2.07. The smallest absolute Gasteiger partial charge is 0.211 e. The van der Waals surface area contributed by atoms with Gasteiger partial charge in [0.15, 0.2) is 0 Å². The van der Waals surface area contributed by atoms with Crippen LogP contribution in [0.4, 0.5) is 0 Å². The average Bonchev–Trinajstić information content (AvgIpc) is 2.75. The van der Waals surface area contributed by atoms with Crippen molar-refractivity contribution in [3.8, 4) is 0 Å². The van der Waals surface area contributed by atoms with Crippen molar-refractivity contribution in [3.05, 3.63) is 18.2 Å². The normalized spacial score (nSPS) is 11.9. The van der Waals surface area contributed by atoms with Gasteiger partial charge in [-0.3, -0.25) is 0 Å². The Morgan fingerprint density at radius 1 is 1.32 bits per heavy atom. The molecule has 0 amide bonds. The highest BCUT2D eigenvalue weighted by atomic mass is 32.2. The van der Waals surface area contributed by atoms with Crippen molar-refractivity contribution in [3.63, 3.8) is 0 Å². The van der Waals surface area contributed by atoms with E-state index >= 15 is 0 Å². The molecule has 1 aromatic rings. The Morgan fingerprint density at radius 2 is 2.11 bits per heavy atom. The van der Waals surface area contributed by atoms with Crippen LogP contribution < -0.4 is 10.0 Å². The SMILES string of the molecule is CCNCCCCS(=O)(=O)NCCc1nccn1C. The number of aromatic nitrogens is 2. The van der Waals surface area contributed by atoms with Crippen LogP contribution in [0, 0.1) is 0 Å². The number of hydrogen-bond acceptors (Lipinski definition) is 4. The highest BCUT2D eigenvalue weighted by Gasteiger charge is 2.09. The molecule has 0 aliphatic heterocycles. The third kappa shape index (κ3) is 6.70. The van der Waals surface area contributed by atoms with Crippen LogP contribution in [0.5, 0.6) is 0 Å². The first-order valence-electron chi connectivity index (χ1n) is 6.69. The van der Waals surface area contributed by atoms with Gasteiger partial charge < -0.3 is 9.88 Å². The van der Waals surface area contributed by atoms with E-state index in [1.807, 2.05) is 24.7 Å². The maximum absolute atomic E-state index is 11.7. The van der Waals surface area contributed by atoms with Crippen LogP contribution in [-0.4, -0.2) is 43.4 Å². The van der Waals surface area contributed by atoms with E-state index in [9.17, 15) is 8.42 Å². The quantitative estimate of drug-likeness (QED) is 0.606. The minimum absolute atomic E-state index is 0.193. The number of aryl methyl sites for hydroxylation is 1. The van der Waals surface area contributed by atoms with Gasteiger partial charge in [-0.2, -0.15) is 0 Å². The van der Waals surface area contributed by atoms with Gasteiger partial charge >= 0.3 is 0 Å². The summed E-state index contributed by atoms with van der Waals surface area (Å²) in [5.41, 5.74) is 0. The first kappa shape index (κ1) is 16.1. The lowest BCUT2D eigenvalue weighted by Crippen LogP contribution is -2.29. The number of imidazole rings is 1. The van der Waals surface area contributed by atoms with Crippen LogP contribution in [0.1, 0.15) is 25.6 Å². The Bertz CT molecular complexity index is 456. The van der Waals surface area contributed by atoms with Gasteiger partial charge in [0.25, 0.3) is 0 Å². The Morgan fingerprint density at radius 3 is 2.74 bits per heavy atom. The van der Waals surface area contributed by atoms with E-state index in [1.54, 1.807) is 6.20 Å². The largest absolute Gasteiger partial charge is 0.338 e. The molecule has 0 radical (unpaired) electrons. The summed E-state index contributed by atoms with van der Waals surface area (Å²) in [6.07, 6.45) is 5.74. The van der Waals surface area contributed by atoms with Gasteiger partial charge in [0, 0.05) is 32.4 Å². The van der Waals surface area contributed by atoms with E-state index in [1.165, 1.54) is 0 Å². The molecule has 2 N–H and O–H groups in total. The van der Waals surface area contributed by atoms with Gasteiger partial charge in [-0.25, -0.2) is 18.1 Å². The van der Waals surface area contributed by atoms with Crippen molar-refractivity contribution in [2.45, 2.75) is 26.2 Å². The lowest BCUT2D eigenvalue weighted by molar-refractivity contribution is 0.573. The minimum Gasteiger partial charge on any atom is -0.338 e. The number of rotatable bonds is 10. The van der Waals surface area contributed by atoms with Crippen molar-refractivity contribution in [1.82, 2.24) is 19.6 Å². The molecule has 0 aromatic carbocycles. The summed E-state index contributed by atoms with van der Waals surface area (Å²) in [6.45, 7) is 4.24. The maximum Gasteiger partial charge on any atom is 0.211 e.